The fraction of sp³-hybridized carbons (Fsp3) is 0.250. The average molecular weight is 285 g/mol. The lowest BCUT2D eigenvalue weighted by Crippen LogP contribution is -2.26. The zero-order chi connectivity index (χ0) is 15.1. The molecule has 0 bridgehead atoms. The third kappa shape index (κ3) is 4.35. The van der Waals surface area contributed by atoms with E-state index in [1.807, 2.05) is 23.1 Å². The highest BCUT2D eigenvalue weighted by molar-refractivity contribution is 5.34. The van der Waals surface area contributed by atoms with E-state index in [9.17, 15) is 4.39 Å². The Morgan fingerprint density at radius 1 is 1.24 bits per heavy atom. The summed E-state index contributed by atoms with van der Waals surface area (Å²) in [5, 5.41) is 18.0. The van der Waals surface area contributed by atoms with Gasteiger partial charge in [0.2, 0.25) is 0 Å². The summed E-state index contributed by atoms with van der Waals surface area (Å²) in [6, 6.07) is 10.2. The van der Waals surface area contributed by atoms with Gasteiger partial charge in [-0.1, -0.05) is 12.1 Å². The largest absolute Gasteiger partial charge is 0.395 e. The lowest BCUT2D eigenvalue weighted by atomic mass is 10.1. The van der Waals surface area contributed by atoms with Crippen LogP contribution < -0.4 is 0 Å². The summed E-state index contributed by atoms with van der Waals surface area (Å²) in [4.78, 5) is 6.08. The van der Waals surface area contributed by atoms with Gasteiger partial charge in [0.15, 0.2) is 0 Å². The van der Waals surface area contributed by atoms with E-state index in [1.54, 1.807) is 24.5 Å². The van der Waals surface area contributed by atoms with E-state index in [0.717, 1.165) is 11.1 Å². The molecule has 1 aromatic heterocycles. The number of pyridine rings is 1. The minimum Gasteiger partial charge on any atom is -0.395 e. The molecular formula is C16H16FN3O. The Bertz CT molecular complexity index is 625. The lowest BCUT2D eigenvalue weighted by molar-refractivity contribution is 0.184. The first-order chi connectivity index (χ1) is 10.2. The van der Waals surface area contributed by atoms with Crippen molar-refractivity contribution in [3.05, 3.63) is 65.2 Å². The first-order valence-electron chi connectivity index (χ1n) is 6.63. The molecule has 108 valence electrons. The summed E-state index contributed by atoms with van der Waals surface area (Å²) in [5.74, 6) is -0.512. The van der Waals surface area contributed by atoms with Crippen LogP contribution in [0.2, 0.25) is 0 Å². The molecule has 1 N–H and O–H groups in total. The fourth-order valence-electron chi connectivity index (χ4n) is 2.12. The number of hydrogen-bond acceptors (Lipinski definition) is 4. The molecule has 1 aromatic carbocycles. The van der Waals surface area contributed by atoms with E-state index in [0.29, 0.717) is 19.6 Å². The highest BCUT2D eigenvalue weighted by atomic mass is 19.1. The number of hydrogen-bond donors (Lipinski definition) is 1. The van der Waals surface area contributed by atoms with Gasteiger partial charge in [-0.2, -0.15) is 5.26 Å². The van der Waals surface area contributed by atoms with Crippen molar-refractivity contribution < 1.29 is 9.50 Å². The third-order valence-electron chi connectivity index (χ3n) is 3.10. The molecule has 0 saturated carbocycles. The molecule has 0 saturated heterocycles. The van der Waals surface area contributed by atoms with E-state index in [1.165, 1.54) is 6.07 Å². The molecule has 0 fully saturated rings. The van der Waals surface area contributed by atoms with Crippen LogP contribution in [-0.2, 0) is 13.1 Å². The number of aliphatic hydroxyl groups excluding tert-OH is 1. The molecule has 2 rings (SSSR count). The maximum atomic E-state index is 13.3. The van der Waals surface area contributed by atoms with Gasteiger partial charge >= 0.3 is 0 Å². The Morgan fingerprint density at radius 3 is 2.71 bits per heavy atom. The first-order valence-corrected chi connectivity index (χ1v) is 6.63. The second kappa shape index (κ2) is 7.48. The highest BCUT2D eigenvalue weighted by Crippen LogP contribution is 2.13. The van der Waals surface area contributed by atoms with Crippen LogP contribution in [0.4, 0.5) is 4.39 Å². The Hall–Kier alpha value is -2.29. The normalized spacial score (nSPS) is 10.6. The number of nitriles is 1. The van der Waals surface area contributed by atoms with E-state index in [2.05, 4.69) is 4.98 Å². The Kier molecular flexibility index (Phi) is 5.38. The minimum absolute atomic E-state index is 0.0343. The van der Waals surface area contributed by atoms with Gasteiger partial charge in [0.1, 0.15) is 11.9 Å². The first kappa shape index (κ1) is 15.1. The third-order valence-corrected chi connectivity index (χ3v) is 3.10. The summed E-state index contributed by atoms with van der Waals surface area (Å²) in [6.07, 6.45) is 3.48. The highest BCUT2D eigenvalue weighted by Gasteiger charge is 2.09. The van der Waals surface area contributed by atoms with Gasteiger partial charge in [-0.05, 0) is 29.3 Å². The van der Waals surface area contributed by atoms with E-state index in [4.69, 9.17) is 10.4 Å². The molecule has 0 aliphatic carbocycles. The summed E-state index contributed by atoms with van der Waals surface area (Å²) in [5.41, 5.74) is 1.91. The van der Waals surface area contributed by atoms with Crippen LogP contribution in [0.3, 0.4) is 0 Å². The van der Waals surface area contributed by atoms with Crippen molar-refractivity contribution in [3.8, 4) is 6.07 Å². The molecular weight excluding hydrogens is 269 g/mol. The average Bonchev–Trinajstić information content (AvgIpc) is 2.50. The van der Waals surface area contributed by atoms with Gasteiger partial charge < -0.3 is 5.11 Å². The molecule has 2 aromatic rings. The summed E-state index contributed by atoms with van der Waals surface area (Å²) < 4.78 is 13.3. The van der Waals surface area contributed by atoms with Crippen LogP contribution in [0.5, 0.6) is 0 Å². The van der Waals surface area contributed by atoms with Crippen molar-refractivity contribution in [2.45, 2.75) is 13.1 Å². The van der Waals surface area contributed by atoms with E-state index < -0.39 is 5.82 Å². The van der Waals surface area contributed by atoms with Gasteiger partial charge in [-0.15, -0.1) is 0 Å². The van der Waals surface area contributed by atoms with Gasteiger partial charge in [0.25, 0.3) is 0 Å². The van der Waals surface area contributed by atoms with Gasteiger partial charge in [0.05, 0.1) is 12.2 Å². The number of benzene rings is 1. The number of aromatic nitrogens is 1. The maximum Gasteiger partial charge on any atom is 0.140 e. The summed E-state index contributed by atoms with van der Waals surface area (Å²) in [6.45, 7) is 1.69. The number of aliphatic hydroxyl groups is 1. The molecule has 0 aliphatic heterocycles. The summed E-state index contributed by atoms with van der Waals surface area (Å²) in [7, 11) is 0. The van der Waals surface area contributed by atoms with Crippen molar-refractivity contribution in [1.29, 1.82) is 5.26 Å². The minimum atomic E-state index is -0.512. The van der Waals surface area contributed by atoms with E-state index in [-0.39, 0.29) is 12.2 Å². The topological polar surface area (TPSA) is 60.2 Å². The molecule has 21 heavy (non-hydrogen) atoms. The van der Waals surface area contributed by atoms with Gasteiger partial charge in [-0.25, -0.2) is 4.39 Å². The Balaban J connectivity index is 2.11. The predicted octanol–water partition coefficient (Wildman–Crippen LogP) is 2.09. The Labute approximate surface area is 123 Å². The van der Waals surface area contributed by atoms with Crippen molar-refractivity contribution >= 4 is 0 Å². The number of halogens is 1. The van der Waals surface area contributed by atoms with Crippen LogP contribution in [0, 0.1) is 17.1 Å². The van der Waals surface area contributed by atoms with Crippen molar-refractivity contribution in [1.82, 2.24) is 9.88 Å². The molecule has 0 amide bonds. The maximum absolute atomic E-state index is 13.3. The van der Waals surface area contributed by atoms with Crippen molar-refractivity contribution in [2.75, 3.05) is 13.2 Å². The monoisotopic (exact) mass is 285 g/mol. The fourth-order valence-corrected chi connectivity index (χ4v) is 2.12. The molecule has 0 aliphatic rings. The van der Waals surface area contributed by atoms with Crippen LogP contribution in [0.25, 0.3) is 0 Å². The SMILES string of the molecule is N#Cc1cc(CN(CCO)Cc2cccnc2)ccc1F. The van der Waals surface area contributed by atoms with Gasteiger partial charge in [-0.3, -0.25) is 9.88 Å². The zero-order valence-electron chi connectivity index (χ0n) is 11.5. The van der Waals surface area contributed by atoms with Crippen molar-refractivity contribution in [3.63, 3.8) is 0 Å². The zero-order valence-corrected chi connectivity index (χ0v) is 11.5. The molecule has 5 heteroatoms. The van der Waals surface area contributed by atoms with Crippen molar-refractivity contribution in [2.24, 2.45) is 0 Å². The molecule has 0 unspecified atom stereocenters. The molecule has 0 atom stereocenters. The number of nitrogens with zero attached hydrogens (tertiary/aromatic N) is 3. The summed E-state index contributed by atoms with van der Waals surface area (Å²) >= 11 is 0. The molecule has 4 nitrogen and oxygen atoms in total. The van der Waals surface area contributed by atoms with Crippen LogP contribution >= 0.6 is 0 Å². The standard InChI is InChI=1S/C16H16FN3O/c17-16-4-3-13(8-15(16)9-18)11-20(6-7-21)12-14-2-1-5-19-10-14/h1-5,8,10,21H,6-7,11-12H2. The van der Waals surface area contributed by atoms with Crippen LogP contribution in [0.15, 0.2) is 42.7 Å². The number of rotatable bonds is 6. The molecule has 1 heterocycles. The van der Waals surface area contributed by atoms with Crippen LogP contribution in [-0.4, -0.2) is 28.1 Å². The second-order valence-corrected chi connectivity index (χ2v) is 4.72. The quantitative estimate of drug-likeness (QED) is 0.883. The lowest BCUT2D eigenvalue weighted by Gasteiger charge is -2.21. The predicted molar refractivity (Wildman–Crippen MR) is 76.6 cm³/mol. The van der Waals surface area contributed by atoms with E-state index >= 15 is 0 Å². The van der Waals surface area contributed by atoms with Crippen LogP contribution in [0.1, 0.15) is 16.7 Å². The molecule has 0 spiro atoms. The smallest absolute Gasteiger partial charge is 0.140 e. The molecule has 0 radical (unpaired) electrons. The van der Waals surface area contributed by atoms with Gasteiger partial charge in [0, 0.05) is 32.0 Å². The Morgan fingerprint density at radius 2 is 2.05 bits per heavy atom. The second-order valence-electron chi connectivity index (χ2n) is 4.72.